The zero-order valence-electron chi connectivity index (χ0n) is 10.8. The quantitative estimate of drug-likeness (QED) is 0.886. The number of rotatable bonds is 5. The van der Waals surface area contributed by atoms with Crippen LogP contribution < -0.4 is 10.1 Å². The summed E-state index contributed by atoms with van der Waals surface area (Å²) in [6.45, 7) is -0.307. The van der Waals surface area contributed by atoms with E-state index < -0.39 is 0 Å². The minimum Gasteiger partial charge on any atom is -0.482 e. The molecular formula is C14H12Cl2N2O3. The molecular weight excluding hydrogens is 315 g/mol. The molecule has 0 aliphatic rings. The molecule has 0 saturated carbocycles. The minimum absolute atomic E-state index is 0.141. The molecule has 0 saturated heterocycles. The lowest BCUT2D eigenvalue weighted by molar-refractivity contribution is -0.118. The summed E-state index contributed by atoms with van der Waals surface area (Å²) in [5.41, 5.74) is 1.06. The van der Waals surface area contributed by atoms with E-state index in [1.165, 1.54) is 6.20 Å². The maximum atomic E-state index is 11.7. The topological polar surface area (TPSA) is 71.5 Å². The summed E-state index contributed by atoms with van der Waals surface area (Å²) >= 11 is 11.6. The standard InChI is InChI=1S/C14H12Cl2N2O3/c15-12-4-2-9(5-13(12)16)18-14(20)8-21-11-3-1-10(7-19)17-6-11/h1-6,19H,7-8H2,(H,18,20). The van der Waals surface area contributed by atoms with Crippen molar-refractivity contribution < 1.29 is 14.6 Å². The lowest BCUT2D eigenvalue weighted by Gasteiger charge is -2.08. The van der Waals surface area contributed by atoms with Crippen LogP contribution in [0.5, 0.6) is 5.75 Å². The highest BCUT2D eigenvalue weighted by Crippen LogP contribution is 2.24. The van der Waals surface area contributed by atoms with Crippen molar-refractivity contribution in [2.24, 2.45) is 0 Å². The van der Waals surface area contributed by atoms with E-state index in [2.05, 4.69) is 10.3 Å². The van der Waals surface area contributed by atoms with Crippen LogP contribution in [0.15, 0.2) is 36.5 Å². The minimum atomic E-state index is -0.334. The van der Waals surface area contributed by atoms with Gasteiger partial charge in [0.1, 0.15) is 5.75 Å². The summed E-state index contributed by atoms with van der Waals surface area (Å²) in [7, 11) is 0. The molecule has 1 heterocycles. The molecule has 0 atom stereocenters. The number of nitrogens with one attached hydrogen (secondary N) is 1. The molecule has 0 fully saturated rings. The summed E-state index contributed by atoms with van der Waals surface area (Å²) in [4.78, 5) is 15.7. The molecule has 0 radical (unpaired) electrons. The number of ether oxygens (including phenoxy) is 1. The molecule has 7 heteroatoms. The molecule has 21 heavy (non-hydrogen) atoms. The number of pyridine rings is 1. The molecule has 5 nitrogen and oxygen atoms in total. The van der Waals surface area contributed by atoms with Crippen LogP contribution in [0.1, 0.15) is 5.69 Å². The number of hydrogen-bond acceptors (Lipinski definition) is 4. The molecule has 0 spiro atoms. The summed E-state index contributed by atoms with van der Waals surface area (Å²) in [5, 5.41) is 12.3. The van der Waals surface area contributed by atoms with Crippen LogP contribution in [-0.4, -0.2) is 22.6 Å². The Bertz CT molecular complexity index is 633. The van der Waals surface area contributed by atoms with E-state index in [4.69, 9.17) is 33.0 Å². The first-order chi connectivity index (χ1) is 10.1. The van der Waals surface area contributed by atoms with E-state index in [0.717, 1.165) is 0 Å². The molecule has 2 N–H and O–H groups in total. The van der Waals surface area contributed by atoms with E-state index in [0.29, 0.717) is 27.2 Å². The highest BCUT2D eigenvalue weighted by molar-refractivity contribution is 6.42. The van der Waals surface area contributed by atoms with Gasteiger partial charge in [0, 0.05) is 5.69 Å². The molecule has 0 aliphatic carbocycles. The zero-order chi connectivity index (χ0) is 15.2. The third-order valence-electron chi connectivity index (χ3n) is 2.53. The Hall–Kier alpha value is -1.82. The third-order valence-corrected chi connectivity index (χ3v) is 3.27. The number of aliphatic hydroxyl groups is 1. The smallest absolute Gasteiger partial charge is 0.262 e. The van der Waals surface area contributed by atoms with Gasteiger partial charge >= 0.3 is 0 Å². The van der Waals surface area contributed by atoms with Gasteiger partial charge in [0.25, 0.3) is 5.91 Å². The first-order valence-corrected chi connectivity index (χ1v) is 6.77. The molecule has 0 unspecified atom stereocenters. The average molecular weight is 327 g/mol. The molecule has 0 aliphatic heterocycles. The molecule has 1 aromatic heterocycles. The van der Waals surface area contributed by atoms with Crippen molar-refractivity contribution in [3.63, 3.8) is 0 Å². The fourth-order valence-electron chi connectivity index (χ4n) is 1.51. The van der Waals surface area contributed by atoms with Crippen LogP contribution in [0, 0.1) is 0 Å². The SMILES string of the molecule is O=C(COc1ccc(CO)nc1)Nc1ccc(Cl)c(Cl)c1. The maximum absolute atomic E-state index is 11.7. The van der Waals surface area contributed by atoms with Gasteiger partial charge in [-0.15, -0.1) is 0 Å². The number of halogens is 2. The Morgan fingerprint density at radius 1 is 1.24 bits per heavy atom. The van der Waals surface area contributed by atoms with Crippen molar-refractivity contribution in [3.8, 4) is 5.75 Å². The number of carbonyl (C=O) groups is 1. The van der Waals surface area contributed by atoms with Crippen molar-refractivity contribution in [2.45, 2.75) is 6.61 Å². The van der Waals surface area contributed by atoms with E-state index >= 15 is 0 Å². The van der Waals surface area contributed by atoms with Crippen LogP contribution in [0.25, 0.3) is 0 Å². The van der Waals surface area contributed by atoms with Crippen LogP contribution >= 0.6 is 23.2 Å². The van der Waals surface area contributed by atoms with Gasteiger partial charge in [0.05, 0.1) is 28.5 Å². The average Bonchev–Trinajstić information content (AvgIpc) is 2.49. The Labute approximate surface area is 131 Å². The fourth-order valence-corrected chi connectivity index (χ4v) is 1.81. The number of amides is 1. The fraction of sp³-hybridized carbons (Fsp3) is 0.143. The van der Waals surface area contributed by atoms with E-state index in [1.807, 2.05) is 0 Å². The lowest BCUT2D eigenvalue weighted by atomic mass is 10.3. The summed E-state index contributed by atoms with van der Waals surface area (Å²) < 4.78 is 5.28. The number of anilines is 1. The van der Waals surface area contributed by atoms with Crippen LogP contribution in [0.4, 0.5) is 5.69 Å². The number of aliphatic hydroxyl groups excluding tert-OH is 1. The van der Waals surface area contributed by atoms with Crippen LogP contribution in [0.3, 0.4) is 0 Å². The van der Waals surface area contributed by atoms with Crippen molar-refractivity contribution in [1.82, 2.24) is 4.98 Å². The van der Waals surface area contributed by atoms with Gasteiger partial charge in [0.15, 0.2) is 6.61 Å². The van der Waals surface area contributed by atoms with Crippen LogP contribution in [0.2, 0.25) is 10.0 Å². The molecule has 2 aromatic rings. The number of aromatic nitrogens is 1. The van der Waals surface area contributed by atoms with Gasteiger partial charge < -0.3 is 15.2 Å². The van der Waals surface area contributed by atoms with Crippen molar-refractivity contribution in [2.75, 3.05) is 11.9 Å². The molecule has 0 bridgehead atoms. The summed E-state index contributed by atoms with van der Waals surface area (Å²) in [5.74, 6) is 0.108. The number of benzene rings is 1. The second-order valence-electron chi connectivity index (χ2n) is 4.11. The number of hydrogen-bond donors (Lipinski definition) is 2. The number of nitrogens with zero attached hydrogens (tertiary/aromatic N) is 1. The first-order valence-electron chi connectivity index (χ1n) is 6.02. The Morgan fingerprint density at radius 3 is 2.67 bits per heavy atom. The van der Waals surface area contributed by atoms with Crippen molar-refractivity contribution >= 4 is 34.8 Å². The third kappa shape index (κ3) is 4.60. The van der Waals surface area contributed by atoms with Gasteiger partial charge in [-0.1, -0.05) is 23.2 Å². The first kappa shape index (κ1) is 15.6. The molecule has 1 aromatic carbocycles. The van der Waals surface area contributed by atoms with E-state index in [-0.39, 0.29) is 19.1 Å². The van der Waals surface area contributed by atoms with Gasteiger partial charge in [-0.05, 0) is 30.3 Å². The van der Waals surface area contributed by atoms with E-state index in [9.17, 15) is 4.79 Å². The lowest BCUT2D eigenvalue weighted by Crippen LogP contribution is -2.20. The van der Waals surface area contributed by atoms with Gasteiger partial charge in [-0.2, -0.15) is 0 Å². The zero-order valence-corrected chi connectivity index (χ0v) is 12.4. The molecule has 2 rings (SSSR count). The Morgan fingerprint density at radius 2 is 2.05 bits per heavy atom. The monoisotopic (exact) mass is 326 g/mol. The second kappa shape index (κ2) is 7.26. The summed E-state index contributed by atoms with van der Waals surface area (Å²) in [6, 6.07) is 8.04. The van der Waals surface area contributed by atoms with Crippen LogP contribution in [-0.2, 0) is 11.4 Å². The highest BCUT2D eigenvalue weighted by Gasteiger charge is 2.06. The van der Waals surface area contributed by atoms with Gasteiger partial charge in [-0.25, -0.2) is 0 Å². The second-order valence-corrected chi connectivity index (χ2v) is 4.92. The molecule has 1 amide bonds. The maximum Gasteiger partial charge on any atom is 0.262 e. The Kier molecular flexibility index (Phi) is 5.38. The highest BCUT2D eigenvalue weighted by atomic mass is 35.5. The normalized spacial score (nSPS) is 10.2. The molecule has 110 valence electrons. The van der Waals surface area contributed by atoms with Gasteiger partial charge in [0.2, 0.25) is 0 Å². The number of carbonyl (C=O) groups excluding carboxylic acids is 1. The predicted molar refractivity (Wildman–Crippen MR) is 80.7 cm³/mol. The van der Waals surface area contributed by atoms with E-state index in [1.54, 1.807) is 30.3 Å². The van der Waals surface area contributed by atoms with Crippen molar-refractivity contribution in [3.05, 3.63) is 52.3 Å². The Balaban J connectivity index is 1.87. The van der Waals surface area contributed by atoms with Crippen molar-refractivity contribution in [1.29, 1.82) is 0 Å². The largest absolute Gasteiger partial charge is 0.482 e. The summed E-state index contributed by atoms with van der Waals surface area (Å²) in [6.07, 6.45) is 1.44. The predicted octanol–water partition coefficient (Wildman–Crippen LogP) is 2.90. The van der Waals surface area contributed by atoms with Gasteiger partial charge in [-0.3, -0.25) is 9.78 Å².